The van der Waals surface area contributed by atoms with Gasteiger partial charge in [0.05, 0.1) is 55.9 Å². The maximum absolute atomic E-state index is 14.4. The summed E-state index contributed by atoms with van der Waals surface area (Å²) in [5.41, 5.74) is 4.15. The lowest BCUT2D eigenvalue weighted by atomic mass is 9.83. The van der Waals surface area contributed by atoms with E-state index in [1.54, 1.807) is 39.8 Å². The number of carbonyl (C=O) groups excluding carboxylic acids is 2. The fourth-order valence-electron chi connectivity index (χ4n) is 8.15. The summed E-state index contributed by atoms with van der Waals surface area (Å²) in [5, 5.41) is 43.6. The number of fused-ring (bicyclic) bond motifs is 2. The molecule has 13 heteroatoms. The normalized spacial score (nSPS) is 18.5. The SMILES string of the molecule is CCOc1ccc2c(c1)CC(NCCCCO)C(=O)N2c1ccc(CN2C(=O)[C@@](O)([C@@H](C)/C=C/CCn3cc(C(CO)c4ccccc4)nn3)c3cc(OC)ccc32)cc1. The van der Waals surface area contributed by atoms with Crippen LogP contribution in [0.5, 0.6) is 11.5 Å². The Hall–Kier alpha value is -5.86. The van der Waals surface area contributed by atoms with Gasteiger partial charge in [-0.25, -0.2) is 0 Å². The first kappa shape index (κ1) is 42.3. The monoisotopic (exact) mass is 814 g/mol. The zero-order valence-electron chi connectivity index (χ0n) is 34.4. The molecule has 1 aromatic heterocycles. The van der Waals surface area contributed by atoms with Gasteiger partial charge in [-0.1, -0.05) is 66.8 Å². The van der Waals surface area contributed by atoms with Gasteiger partial charge in [0.2, 0.25) is 5.91 Å². The summed E-state index contributed by atoms with van der Waals surface area (Å²) in [6.45, 7) is 5.64. The van der Waals surface area contributed by atoms with Gasteiger partial charge in [-0.05, 0) is 104 Å². The molecule has 13 nitrogen and oxygen atoms in total. The lowest BCUT2D eigenvalue weighted by molar-refractivity contribution is -0.139. The summed E-state index contributed by atoms with van der Waals surface area (Å²) in [5.74, 6) is -0.101. The Morgan fingerprint density at radius 3 is 2.47 bits per heavy atom. The molecule has 4 N–H and O–H groups in total. The van der Waals surface area contributed by atoms with Gasteiger partial charge >= 0.3 is 0 Å². The number of aromatic nitrogens is 3. The highest BCUT2D eigenvalue weighted by Crippen LogP contribution is 2.47. The molecule has 0 saturated carbocycles. The van der Waals surface area contributed by atoms with Crippen LogP contribution in [0.3, 0.4) is 0 Å². The Bertz CT molecular complexity index is 2280. The summed E-state index contributed by atoms with van der Waals surface area (Å²) in [7, 11) is 1.55. The second kappa shape index (κ2) is 19.0. The number of nitrogens with zero attached hydrogens (tertiary/aromatic N) is 5. The zero-order valence-corrected chi connectivity index (χ0v) is 34.4. The molecule has 2 amide bonds. The third kappa shape index (κ3) is 8.71. The molecule has 0 fully saturated rings. The number of aryl methyl sites for hydroxylation is 1. The number of hydrogen-bond donors (Lipinski definition) is 4. The molecule has 3 heterocycles. The molecular weight excluding hydrogens is 761 g/mol. The quantitative estimate of drug-likeness (QED) is 0.0595. The van der Waals surface area contributed by atoms with Crippen molar-refractivity contribution in [1.29, 1.82) is 0 Å². The molecule has 2 unspecified atom stereocenters. The van der Waals surface area contributed by atoms with E-state index in [1.165, 1.54) is 0 Å². The zero-order chi connectivity index (χ0) is 42.2. The Kier molecular flexibility index (Phi) is 13.4. The highest BCUT2D eigenvalue weighted by molar-refractivity contribution is 6.08. The maximum atomic E-state index is 14.4. The van der Waals surface area contributed by atoms with E-state index in [1.807, 2.05) is 105 Å². The standard InChI is InChI=1S/C47H54N6O7/c1-4-60-38-20-21-43-35(26-38)27-41(48-23-9-11-25-54)45(56)53(43)36-17-15-33(16-18-36)29-52-44-22-19-37(59-3)28-40(44)47(58,46(52)57)32(2)12-8-10-24-51-30-42(49-50-51)39(31-55)34-13-6-5-7-14-34/h5-8,12-22,26,28,30,32,39,41,48,54-55,58H,4,9-11,23-25,27,29,31H2,1-3H3/b12-8+/t32-,39?,41?,47+/m0/s1. The van der Waals surface area contributed by atoms with E-state index >= 15 is 0 Å². The number of anilines is 3. The lowest BCUT2D eigenvalue weighted by Gasteiger charge is -2.35. The average Bonchev–Trinajstić information content (AvgIpc) is 3.82. The van der Waals surface area contributed by atoms with Crippen LogP contribution < -0.4 is 24.6 Å². The number of benzene rings is 4. The van der Waals surface area contributed by atoms with Crippen LogP contribution in [0.15, 0.2) is 109 Å². The molecule has 60 heavy (non-hydrogen) atoms. The van der Waals surface area contributed by atoms with E-state index in [0.29, 0.717) is 67.3 Å². The molecule has 0 radical (unpaired) electrons. The van der Waals surface area contributed by atoms with Gasteiger partial charge in [-0.2, -0.15) is 0 Å². The van der Waals surface area contributed by atoms with Crippen LogP contribution in [0.25, 0.3) is 0 Å². The molecule has 4 aromatic carbocycles. The lowest BCUT2D eigenvalue weighted by Crippen LogP contribution is -2.49. The largest absolute Gasteiger partial charge is 0.497 e. The number of allylic oxidation sites excluding steroid dienone is 1. The van der Waals surface area contributed by atoms with Crippen LogP contribution in [-0.4, -0.2) is 81.6 Å². The molecule has 314 valence electrons. The average molecular weight is 815 g/mol. The number of hydrogen-bond acceptors (Lipinski definition) is 10. The minimum Gasteiger partial charge on any atom is -0.497 e. The number of carbonyl (C=O) groups is 2. The van der Waals surface area contributed by atoms with Crippen molar-refractivity contribution in [3.8, 4) is 11.5 Å². The van der Waals surface area contributed by atoms with Crippen molar-refractivity contribution in [2.45, 2.75) is 70.2 Å². The molecular formula is C47H54N6O7. The predicted molar refractivity (Wildman–Crippen MR) is 229 cm³/mol. The van der Waals surface area contributed by atoms with Gasteiger partial charge in [0.15, 0.2) is 5.60 Å². The minimum atomic E-state index is -1.85. The predicted octanol–water partition coefficient (Wildman–Crippen LogP) is 5.78. The third-order valence-electron chi connectivity index (χ3n) is 11.4. The molecule has 0 spiro atoms. The Balaban J connectivity index is 1.07. The number of aliphatic hydroxyl groups excluding tert-OH is 2. The molecule has 0 bridgehead atoms. The van der Waals surface area contributed by atoms with Crippen molar-refractivity contribution in [1.82, 2.24) is 20.3 Å². The Morgan fingerprint density at radius 2 is 1.73 bits per heavy atom. The van der Waals surface area contributed by atoms with Gasteiger partial charge in [0, 0.05) is 36.5 Å². The molecule has 4 atom stereocenters. The number of rotatable bonds is 19. The molecule has 0 aliphatic carbocycles. The second-order valence-electron chi connectivity index (χ2n) is 15.3. The summed E-state index contributed by atoms with van der Waals surface area (Å²) in [4.78, 5) is 31.8. The van der Waals surface area contributed by atoms with Gasteiger partial charge in [0.25, 0.3) is 5.91 Å². The van der Waals surface area contributed by atoms with Crippen LogP contribution in [-0.2, 0) is 34.7 Å². The molecule has 2 aliphatic rings. The van der Waals surface area contributed by atoms with E-state index in [4.69, 9.17) is 9.47 Å². The fourth-order valence-corrected chi connectivity index (χ4v) is 8.15. The summed E-state index contributed by atoms with van der Waals surface area (Å²) in [6, 6.07) is 27.9. The first-order chi connectivity index (χ1) is 29.2. The summed E-state index contributed by atoms with van der Waals surface area (Å²) in [6.07, 6.45) is 8.14. The van der Waals surface area contributed by atoms with Crippen molar-refractivity contribution in [3.63, 3.8) is 0 Å². The van der Waals surface area contributed by atoms with Crippen molar-refractivity contribution in [3.05, 3.63) is 137 Å². The van der Waals surface area contributed by atoms with Crippen LogP contribution in [0.2, 0.25) is 0 Å². The number of unbranched alkanes of at least 4 members (excludes halogenated alkanes) is 1. The van der Waals surface area contributed by atoms with E-state index in [0.717, 1.165) is 34.5 Å². The molecule has 2 aliphatic heterocycles. The van der Waals surface area contributed by atoms with Crippen LogP contribution in [0.1, 0.15) is 67.0 Å². The Labute approximate surface area is 350 Å². The van der Waals surface area contributed by atoms with Crippen molar-refractivity contribution < 1.29 is 34.4 Å². The van der Waals surface area contributed by atoms with Crippen molar-refractivity contribution in [2.24, 2.45) is 5.92 Å². The van der Waals surface area contributed by atoms with Crippen LogP contribution in [0.4, 0.5) is 17.1 Å². The van der Waals surface area contributed by atoms with Gasteiger partial charge in [0.1, 0.15) is 11.5 Å². The van der Waals surface area contributed by atoms with Gasteiger partial charge in [-0.3, -0.25) is 19.2 Å². The topological polar surface area (TPSA) is 163 Å². The smallest absolute Gasteiger partial charge is 0.264 e. The second-order valence-corrected chi connectivity index (χ2v) is 15.3. The maximum Gasteiger partial charge on any atom is 0.264 e. The van der Waals surface area contributed by atoms with Crippen LogP contribution >= 0.6 is 0 Å². The first-order valence-electron chi connectivity index (χ1n) is 20.7. The van der Waals surface area contributed by atoms with E-state index in [2.05, 4.69) is 15.6 Å². The summed E-state index contributed by atoms with van der Waals surface area (Å²) < 4.78 is 13.0. The van der Waals surface area contributed by atoms with E-state index in [9.17, 15) is 24.9 Å². The van der Waals surface area contributed by atoms with Crippen LogP contribution in [0, 0.1) is 5.92 Å². The number of amides is 2. The Morgan fingerprint density at radius 1 is 0.967 bits per heavy atom. The van der Waals surface area contributed by atoms with Crippen molar-refractivity contribution in [2.75, 3.05) is 43.3 Å². The third-order valence-corrected chi connectivity index (χ3v) is 11.4. The van der Waals surface area contributed by atoms with E-state index in [-0.39, 0.29) is 31.6 Å². The number of methoxy groups -OCH3 is 1. The molecule has 5 aromatic rings. The summed E-state index contributed by atoms with van der Waals surface area (Å²) >= 11 is 0. The minimum absolute atomic E-state index is 0.0717. The fraction of sp³-hybridized carbons (Fsp3) is 0.362. The highest BCUT2D eigenvalue weighted by Gasteiger charge is 2.52. The molecule has 0 saturated heterocycles. The number of nitrogens with one attached hydrogen (secondary N) is 1. The van der Waals surface area contributed by atoms with Crippen molar-refractivity contribution >= 4 is 28.9 Å². The molecule has 7 rings (SSSR count). The van der Waals surface area contributed by atoms with Gasteiger partial charge in [-0.15, -0.1) is 5.10 Å². The number of aliphatic hydroxyl groups is 3. The first-order valence-corrected chi connectivity index (χ1v) is 20.7. The number of ether oxygens (including phenoxy) is 2. The van der Waals surface area contributed by atoms with E-state index < -0.39 is 23.5 Å². The van der Waals surface area contributed by atoms with Gasteiger partial charge < -0.3 is 35.0 Å². The highest BCUT2D eigenvalue weighted by atomic mass is 16.5.